The van der Waals surface area contributed by atoms with Crippen molar-refractivity contribution < 1.29 is 5.11 Å². The number of aliphatic hydroxyl groups excluding tert-OH is 1. The van der Waals surface area contributed by atoms with E-state index in [1.54, 1.807) is 0 Å². The highest BCUT2D eigenvalue weighted by Gasteiger charge is 2.32. The van der Waals surface area contributed by atoms with Crippen LogP contribution < -0.4 is 0 Å². The van der Waals surface area contributed by atoms with Crippen LogP contribution in [0.4, 0.5) is 0 Å². The third-order valence-electron chi connectivity index (χ3n) is 4.20. The van der Waals surface area contributed by atoms with E-state index in [1.807, 2.05) is 0 Å². The van der Waals surface area contributed by atoms with Gasteiger partial charge in [-0.05, 0) is 58.8 Å². The molecule has 3 heteroatoms. The topological polar surface area (TPSA) is 26.7 Å². The molecule has 2 aliphatic rings. The first-order valence-electron chi connectivity index (χ1n) is 6.23. The Kier molecular flexibility index (Phi) is 3.65. The van der Waals surface area contributed by atoms with Crippen molar-refractivity contribution in [2.45, 2.75) is 37.8 Å². The van der Waals surface area contributed by atoms with Gasteiger partial charge in [0.05, 0.1) is 6.10 Å². The van der Waals surface area contributed by atoms with Gasteiger partial charge in [-0.25, -0.2) is 0 Å². The van der Waals surface area contributed by atoms with Crippen LogP contribution in [0.1, 0.15) is 25.7 Å². The Morgan fingerprint density at radius 3 is 2.33 bits per heavy atom. The Labute approximate surface area is 93.1 Å². The van der Waals surface area contributed by atoms with Crippen LogP contribution in [0.15, 0.2) is 0 Å². The van der Waals surface area contributed by atoms with Gasteiger partial charge in [0, 0.05) is 12.6 Å². The highest BCUT2D eigenvalue weighted by atomic mass is 16.3. The molecule has 1 N–H and O–H groups in total. The van der Waals surface area contributed by atoms with Crippen molar-refractivity contribution in [2.24, 2.45) is 5.92 Å². The summed E-state index contributed by atoms with van der Waals surface area (Å²) >= 11 is 0. The molecule has 0 aromatic carbocycles. The quantitative estimate of drug-likeness (QED) is 0.696. The first-order valence-corrected chi connectivity index (χ1v) is 6.23. The van der Waals surface area contributed by atoms with Gasteiger partial charge >= 0.3 is 0 Å². The maximum absolute atomic E-state index is 9.74. The smallest absolute Gasteiger partial charge is 0.0567 e. The van der Waals surface area contributed by atoms with E-state index in [4.69, 9.17) is 0 Å². The van der Waals surface area contributed by atoms with Gasteiger partial charge in [0.15, 0.2) is 0 Å². The summed E-state index contributed by atoms with van der Waals surface area (Å²) in [5.74, 6) is 0.807. The minimum atomic E-state index is -0.0501. The second-order valence-electron chi connectivity index (χ2n) is 5.37. The van der Waals surface area contributed by atoms with E-state index >= 15 is 0 Å². The summed E-state index contributed by atoms with van der Waals surface area (Å²) < 4.78 is 0. The van der Waals surface area contributed by atoms with Crippen molar-refractivity contribution in [3.8, 4) is 0 Å². The van der Waals surface area contributed by atoms with Crippen LogP contribution in [-0.2, 0) is 0 Å². The Bertz CT molecular complexity index is 202. The Morgan fingerprint density at radius 2 is 1.67 bits per heavy atom. The zero-order valence-corrected chi connectivity index (χ0v) is 10.0. The molecule has 2 aliphatic heterocycles. The maximum Gasteiger partial charge on any atom is 0.0567 e. The van der Waals surface area contributed by atoms with Gasteiger partial charge in [-0.1, -0.05) is 0 Å². The lowest BCUT2D eigenvalue weighted by Gasteiger charge is -2.42. The summed E-state index contributed by atoms with van der Waals surface area (Å²) in [4.78, 5) is 4.87. The number of hydrogen-bond donors (Lipinski definition) is 1. The minimum Gasteiger partial charge on any atom is -0.393 e. The van der Waals surface area contributed by atoms with E-state index in [0.29, 0.717) is 6.04 Å². The number of aliphatic hydroxyl groups is 1. The second kappa shape index (κ2) is 4.81. The van der Waals surface area contributed by atoms with Crippen LogP contribution in [0.2, 0.25) is 0 Å². The third kappa shape index (κ3) is 2.71. The molecule has 2 saturated heterocycles. The molecule has 0 radical (unpaired) electrons. The van der Waals surface area contributed by atoms with Gasteiger partial charge in [0.2, 0.25) is 0 Å². The normalized spacial score (nSPS) is 37.0. The van der Waals surface area contributed by atoms with Crippen LogP contribution >= 0.6 is 0 Å². The summed E-state index contributed by atoms with van der Waals surface area (Å²) in [6, 6.07) is 0.627. The van der Waals surface area contributed by atoms with E-state index in [1.165, 1.54) is 25.9 Å². The van der Waals surface area contributed by atoms with Gasteiger partial charge in [-0.2, -0.15) is 0 Å². The first-order chi connectivity index (χ1) is 7.16. The molecule has 0 saturated carbocycles. The molecule has 0 aliphatic carbocycles. The average Bonchev–Trinajstić information content (AvgIpc) is 2.23. The molecule has 2 rings (SSSR count). The minimum absolute atomic E-state index is 0.0501. The van der Waals surface area contributed by atoms with Crippen LogP contribution in [0.25, 0.3) is 0 Å². The fourth-order valence-electron chi connectivity index (χ4n) is 3.06. The molecule has 3 nitrogen and oxygen atoms in total. The molecule has 88 valence electrons. The molecule has 2 unspecified atom stereocenters. The number of piperidine rings is 2. The number of likely N-dealkylation sites (tertiary alicyclic amines) is 2. The van der Waals surface area contributed by atoms with Crippen molar-refractivity contribution in [1.82, 2.24) is 9.80 Å². The molecular weight excluding hydrogens is 188 g/mol. The molecule has 2 atom stereocenters. The monoisotopic (exact) mass is 212 g/mol. The van der Waals surface area contributed by atoms with Crippen LogP contribution in [0, 0.1) is 5.92 Å². The molecular formula is C12H24N2O. The predicted molar refractivity (Wildman–Crippen MR) is 61.9 cm³/mol. The van der Waals surface area contributed by atoms with Crippen LogP contribution in [0.5, 0.6) is 0 Å². The summed E-state index contributed by atoms with van der Waals surface area (Å²) in [6.07, 6.45) is 4.51. The molecule has 0 aromatic rings. The highest BCUT2D eigenvalue weighted by Crippen LogP contribution is 2.29. The molecule has 0 amide bonds. The van der Waals surface area contributed by atoms with E-state index in [9.17, 15) is 5.11 Å². The van der Waals surface area contributed by atoms with Crippen LogP contribution in [-0.4, -0.2) is 60.8 Å². The SMILES string of the molecule is CN1CCC(C2CC(O)CCN2C)CC1. The number of nitrogens with zero attached hydrogens (tertiary/aromatic N) is 2. The second-order valence-corrected chi connectivity index (χ2v) is 5.37. The molecule has 2 heterocycles. The molecule has 0 spiro atoms. The zero-order chi connectivity index (χ0) is 10.8. The summed E-state index contributed by atoms with van der Waals surface area (Å²) in [6.45, 7) is 3.52. The lowest BCUT2D eigenvalue weighted by molar-refractivity contribution is 0.0165. The van der Waals surface area contributed by atoms with Crippen molar-refractivity contribution in [2.75, 3.05) is 33.7 Å². The molecule has 0 bridgehead atoms. The van der Waals surface area contributed by atoms with E-state index in [-0.39, 0.29) is 6.10 Å². The van der Waals surface area contributed by atoms with Gasteiger partial charge in [0.25, 0.3) is 0 Å². The number of hydrogen-bond acceptors (Lipinski definition) is 3. The summed E-state index contributed by atoms with van der Waals surface area (Å²) in [5.41, 5.74) is 0. The van der Waals surface area contributed by atoms with Crippen molar-refractivity contribution in [1.29, 1.82) is 0 Å². The lowest BCUT2D eigenvalue weighted by atomic mass is 9.83. The fourth-order valence-corrected chi connectivity index (χ4v) is 3.06. The van der Waals surface area contributed by atoms with E-state index < -0.39 is 0 Å². The number of rotatable bonds is 1. The molecule has 15 heavy (non-hydrogen) atoms. The standard InChI is InChI=1S/C12H24N2O/c1-13-6-3-10(4-7-13)12-9-11(15)5-8-14(12)2/h10-12,15H,3-9H2,1-2H3. The van der Waals surface area contributed by atoms with Crippen LogP contribution in [0.3, 0.4) is 0 Å². The Balaban J connectivity index is 1.90. The van der Waals surface area contributed by atoms with E-state index in [2.05, 4.69) is 23.9 Å². The first kappa shape index (κ1) is 11.4. The zero-order valence-electron chi connectivity index (χ0n) is 10.0. The third-order valence-corrected chi connectivity index (χ3v) is 4.20. The van der Waals surface area contributed by atoms with Crippen molar-refractivity contribution in [3.63, 3.8) is 0 Å². The maximum atomic E-state index is 9.74. The van der Waals surface area contributed by atoms with Gasteiger partial charge < -0.3 is 14.9 Å². The van der Waals surface area contributed by atoms with Gasteiger partial charge in [-0.15, -0.1) is 0 Å². The Morgan fingerprint density at radius 1 is 1.00 bits per heavy atom. The van der Waals surface area contributed by atoms with Crippen molar-refractivity contribution in [3.05, 3.63) is 0 Å². The largest absolute Gasteiger partial charge is 0.393 e. The van der Waals surface area contributed by atoms with Gasteiger partial charge in [-0.3, -0.25) is 0 Å². The average molecular weight is 212 g/mol. The highest BCUT2D eigenvalue weighted by molar-refractivity contribution is 4.87. The Hall–Kier alpha value is -0.120. The molecule has 0 aromatic heterocycles. The summed E-state index contributed by atoms with van der Waals surface area (Å²) in [5, 5.41) is 9.74. The fraction of sp³-hybridized carbons (Fsp3) is 1.00. The molecule has 2 fully saturated rings. The lowest BCUT2D eigenvalue weighted by Crippen LogP contribution is -2.48. The van der Waals surface area contributed by atoms with Crippen molar-refractivity contribution >= 4 is 0 Å². The van der Waals surface area contributed by atoms with Gasteiger partial charge in [0.1, 0.15) is 0 Å². The predicted octanol–water partition coefficient (Wildman–Crippen LogP) is 0.783. The summed E-state index contributed by atoms with van der Waals surface area (Å²) in [7, 11) is 4.42. The van der Waals surface area contributed by atoms with E-state index in [0.717, 1.165) is 25.3 Å².